The molecule has 3 rings (SSSR count). The van der Waals surface area contributed by atoms with Gasteiger partial charge in [-0.3, -0.25) is 0 Å². The van der Waals surface area contributed by atoms with Gasteiger partial charge in [0.05, 0.1) is 6.61 Å². The molecule has 0 saturated carbocycles. The maximum absolute atomic E-state index is 5.51. The van der Waals surface area contributed by atoms with Gasteiger partial charge in [-0.15, -0.1) is 0 Å². The maximum atomic E-state index is 5.51. The van der Waals surface area contributed by atoms with Gasteiger partial charge in [-0.25, -0.2) is 0 Å². The summed E-state index contributed by atoms with van der Waals surface area (Å²) in [4.78, 5) is 0. The third-order valence-electron chi connectivity index (χ3n) is 3.68. The van der Waals surface area contributed by atoms with Gasteiger partial charge in [0.15, 0.2) is 0 Å². The summed E-state index contributed by atoms with van der Waals surface area (Å²) in [6.45, 7) is 3.77. The van der Waals surface area contributed by atoms with Crippen molar-refractivity contribution < 1.29 is 4.74 Å². The van der Waals surface area contributed by atoms with Crippen molar-refractivity contribution in [3.63, 3.8) is 0 Å². The number of anilines is 1. The highest BCUT2D eigenvalue weighted by Crippen LogP contribution is 2.36. The molecule has 0 aliphatic carbocycles. The van der Waals surface area contributed by atoms with E-state index >= 15 is 0 Å². The Balaban J connectivity index is 1.90. The second-order valence-corrected chi connectivity index (χ2v) is 4.86. The Morgan fingerprint density at radius 3 is 2.68 bits per heavy atom. The molecule has 1 aliphatic rings. The summed E-state index contributed by atoms with van der Waals surface area (Å²) in [6, 6.07) is 17.1. The Labute approximate surface area is 114 Å². The summed E-state index contributed by atoms with van der Waals surface area (Å²) in [5, 5.41) is 3.47. The van der Waals surface area contributed by atoms with E-state index in [-0.39, 0.29) is 0 Å². The van der Waals surface area contributed by atoms with Gasteiger partial charge in [0, 0.05) is 18.2 Å². The van der Waals surface area contributed by atoms with E-state index in [1.165, 1.54) is 16.8 Å². The summed E-state index contributed by atoms with van der Waals surface area (Å²) in [5.74, 6) is 1.45. The van der Waals surface area contributed by atoms with Crippen molar-refractivity contribution in [3.05, 3.63) is 59.7 Å². The zero-order valence-electron chi connectivity index (χ0n) is 11.2. The van der Waals surface area contributed by atoms with Crippen LogP contribution in [0.15, 0.2) is 48.5 Å². The average molecular weight is 253 g/mol. The van der Waals surface area contributed by atoms with Crippen molar-refractivity contribution in [1.29, 1.82) is 0 Å². The Bertz CT molecular complexity index is 547. The number of hydrogen-bond acceptors (Lipinski definition) is 2. The molecule has 0 radical (unpaired) electrons. The van der Waals surface area contributed by atoms with Crippen LogP contribution in [0, 0.1) is 0 Å². The van der Waals surface area contributed by atoms with Crippen molar-refractivity contribution >= 4 is 5.69 Å². The van der Waals surface area contributed by atoms with Crippen molar-refractivity contribution in [2.75, 3.05) is 18.5 Å². The van der Waals surface area contributed by atoms with E-state index in [2.05, 4.69) is 53.8 Å². The molecule has 2 heteroatoms. The lowest BCUT2D eigenvalue weighted by molar-refractivity contribution is 0.340. The Morgan fingerprint density at radius 1 is 1.11 bits per heavy atom. The Morgan fingerprint density at radius 2 is 1.89 bits per heavy atom. The van der Waals surface area contributed by atoms with E-state index in [1.54, 1.807) is 0 Å². The van der Waals surface area contributed by atoms with Crippen LogP contribution < -0.4 is 10.1 Å². The third-order valence-corrected chi connectivity index (χ3v) is 3.68. The molecular formula is C17H19NO. The SMILES string of the molecule is CCOc1ccc(C2CCNc3ccccc32)cc1. The molecule has 0 saturated heterocycles. The van der Waals surface area contributed by atoms with Gasteiger partial charge >= 0.3 is 0 Å². The predicted molar refractivity (Wildman–Crippen MR) is 79.0 cm³/mol. The molecule has 0 bridgehead atoms. The quantitative estimate of drug-likeness (QED) is 0.891. The van der Waals surface area contributed by atoms with Crippen LogP contribution in [0.1, 0.15) is 30.4 Å². The van der Waals surface area contributed by atoms with Crippen LogP contribution in [0.25, 0.3) is 0 Å². The van der Waals surface area contributed by atoms with Crippen molar-refractivity contribution in [2.24, 2.45) is 0 Å². The summed E-state index contributed by atoms with van der Waals surface area (Å²) in [6.07, 6.45) is 1.14. The normalized spacial score (nSPS) is 17.4. The minimum absolute atomic E-state index is 0.494. The minimum Gasteiger partial charge on any atom is -0.494 e. The first-order valence-corrected chi connectivity index (χ1v) is 6.94. The molecule has 19 heavy (non-hydrogen) atoms. The van der Waals surface area contributed by atoms with Gasteiger partial charge in [0.1, 0.15) is 5.75 Å². The molecule has 2 aromatic rings. The zero-order chi connectivity index (χ0) is 13.1. The molecule has 0 aromatic heterocycles. The van der Waals surface area contributed by atoms with Gasteiger partial charge < -0.3 is 10.1 Å². The molecule has 0 fully saturated rings. The first kappa shape index (κ1) is 12.1. The first-order valence-electron chi connectivity index (χ1n) is 6.94. The lowest BCUT2D eigenvalue weighted by Gasteiger charge is -2.27. The van der Waals surface area contributed by atoms with Crippen LogP contribution in [-0.2, 0) is 0 Å². The van der Waals surface area contributed by atoms with Crippen LogP contribution in [0.2, 0.25) is 0 Å². The van der Waals surface area contributed by atoms with Crippen molar-refractivity contribution in [3.8, 4) is 5.75 Å². The number of rotatable bonds is 3. The second kappa shape index (κ2) is 5.35. The molecule has 0 amide bonds. The molecule has 2 aromatic carbocycles. The number of nitrogens with one attached hydrogen (secondary N) is 1. The fraction of sp³-hybridized carbons (Fsp3) is 0.294. The zero-order valence-corrected chi connectivity index (χ0v) is 11.2. The van der Waals surface area contributed by atoms with E-state index in [9.17, 15) is 0 Å². The smallest absolute Gasteiger partial charge is 0.119 e. The lowest BCUT2D eigenvalue weighted by atomic mass is 9.85. The van der Waals surface area contributed by atoms with Crippen molar-refractivity contribution in [1.82, 2.24) is 0 Å². The third kappa shape index (κ3) is 2.43. The molecule has 2 nitrogen and oxygen atoms in total. The first-order chi connectivity index (χ1) is 9.38. The molecular weight excluding hydrogens is 234 g/mol. The number of fused-ring (bicyclic) bond motifs is 1. The highest BCUT2D eigenvalue weighted by Gasteiger charge is 2.20. The van der Waals surface area contributed by atoms with Crippen LogP contribution in [0.4, 0.5) is 5.69 Å². The number of benzene rings is 2. The lowest BCUT2D eigenvalue weighted by Crippen LogP contribution is -2.17. The van der Waals surface area contributed by atoms with E-state index < -0.39 is 0 Å². The van der Waals surface area contributed by atoms with Gasteiger partial charge in [0.25, 0.3) is 0 Å². The van der Waals surface area contributed by atoms with E-state index in [4.69, 9.17) is 4.74 Å². The standard InChI is InChI=1S/C17H19NO/c1-2-19-14-9-7-13(8-10-14)15-11-12-18-17-6-4-3-5-16(15)17/h3-10,15,18H,2,11-12H2,1H3. The van der Waals surface area contributed by atoms with Gasteiger partial charge in [-0.1, -0.05) is 30.3 Å². The molecule has 1 unspecified atom stereocenters. The topological polar surface area (TPSA) is 21.3 Å². The molecule has 98 valence electrons. The second-order valence-electron chi connectivity index (χ2n) is 4.86. The number of hydrogen-bond donors (Lipinski definition) is 1. The van der Waals surface area contributed by atoms with Gasteiger partial charge in [-0.2, -0.15) is 0 Å². The average Bonchev–Trinajstić information content (AvgIpc) is 2.48. The highest BCUT2D eigenvalue weighted by molar-refractivity contribution is 5.57. The highest BCUT2D eigenvalue weighted by atomic mass is 16.5. The maximum Gasteiger partial charge on any atom is 0.119 e. The monoisotopic (exact) mass is 253 g/mol. The summed E-state index contributed by atoms with van der Waals surface area (Å²) in [5.41, 5.74) is 4.04. The minimum atomic E-state index is 0.494. The molecule has 1 atom stereocenters. The Hall–Kier alpha value is -1.96. The number of ether oxygens (including phenoxy) is 1. The van der Waals surface area contributed by atoms with Crippen LogP contribution in [-0.4, -0.2) is 13.2 Å². The summed E-state index contributed by atoms with van der Waals surface area (Å²) in [7, 11) is 0. The summed E-state index contributed by atoms with van der Waals surface area (Å²) < 4.78 is 5.51. The molecule has 1 heterocycles. The molecule has 0 spiro atoms. The fourth-order valence-corrected chi connectivity index (χ4v) is 2.78. The van der Waals surface area contributed by atoms with Crippen LogP contribution in [0.5, 0.6) is 5.75 Å². The molecule has 1 aliphatic heterocycles. The number of para-hydroxylation sites is 1. The fourth-order valence-electron chi connectivity index (χ4n) is 2.78. The molecule has 1 N–H and O–H groups in total. The van der Waals surface area contributed by atoms with E-state index in [0.717, 1.165) is 25.3 Å². The van der Waals surface area contributed by atoms with Crippen LogP contribution in [0.3, 0.4) is 0 Å². The predicted octanol–water partition coefficient (Wildman–Crippen LogP) is 4.03. The van der Waals surface area contributed by atoms with Gasteiger partial charge in [0.2, 0.25) is 0 Å². The van der Waals surface area contributed by atoms with Gasteiger partial charge in [-0.05, 0) is 42.7 Å². The summed E-state index contributed by atoms with van der Waals surface area (Å²) >= 11 is 0. The van der Waals surface area contributed by atoms with E-state index in [1.807, 2.05) is 6.92 Å². The van der Waals surface area contributed by atoms with E-state index in [0.29, 0.717) is 5.92 Å². The largest absolute Gasteiger partial charge is 0.494 e. The van der Waals surface area contributed by atoms with Crippen molar-refractivity contribution in [2.45, 2.75) is 19.3 Å². The Kier molecular flexibility index (Phi) is 3.41. The van der Waals surface area contributed by atoms with Crippen LogP contribution >= 0.6 is 0 Å².